The second-order valence-electron chi connectivity index (χ2n) is 5.70. The largest absolute Gasteiger partial charge is 0.386 e. The van der Waals surface area contributed by atoms with Crippen molar-refractivity contribution in [2.45, 2.75) is 55.6 Å². The molecule has 0 unspecified atom stereocenters. The van der Waals surface area contributed by atoms with Crippen molar-refractivity contribution >= 4 is 12.1 Å². The molecule has 0 aromatic heterocycles. The molecule has 3 rings (SSSR count). The summed E-state index contributed by atoms with van der Waals surface area (Å²) in [5, 5.41) is 31.0. The van der Waals surface area contributed by atoms with E-state index in [9.17, 15) is 24.9 Å². The van der Waals surface area contributed by atoms with Gasteiger partial charge in [-0.05, 0) is 18.6 Å². The second kappa shape index (κ2) is 4.19. The fraction of sp³-hybridized carbons (Fsp3) is 0.692. The van der Waals surface area contributed by atoms with Crippen LogP contribution in [0.3, 0.4) is 0 Å². The third-order valence-corrected chi connectivity index (χ3v) is 4.39. The molecule has 3 aliphatic rings. The van der Waals surface area contributed by atoms with Crippen LogP contribution >= 0.6 is 0 Å². The molecule has 0 aromatic rings. The Morgan fingerprint density at radius 1 is 1.45 bits per heavy atom. The van der Waals surface area contributed by atoms with E-state index in [1.807, 2.05) is 0 Å². The van der Waals surface area contributed by atoms with Crippen molar-refractivity contribution in [3.8, 4) is 0 Å². The molecule has 20 heavy (non-hydrogen) atoms. The van der Waals surface area contributed by atoms with E-state index in [1.165, 1.54) is 0 Å². The lowest BCUT2D eigenvalue weighted by Crippen LogP contribution is -2.68. The summed E-state index contributed by atoms with van der Waals surface area (Å²) in [5.41, 5.74) is -3.82. The molecule has 0 spiro atoms. The monoisotopic (exact) mass is 284 g/mol. The van der Waals surface area contributed by atoms with Crippen LogP contribution in [-0.2, 0) is 19.1 Å². The minimum absolute atomic E-state index is 0.102. The highest BCUT2D eigenvalue weighted by Gasteiger charge is 2.65. The number of fused-ring (bicyclic) bond motifs is 4. The van der Waals surface area contributed by atoms with Crippen LogP contribution in [0.15, 0.2) is 11.6 Å². The standard InChI is InChI=1S/C13H16O7/c1-12(17)9(15)5-6-4-8-7(2-3-14)19-11(20-8)13(6,18)10(12)16/h3,5,7-8,10-11,16-18H,2,4H2,1H3/t7-,8-,10+,11-,12+,13+/m0/s1. The van der Waals surface area contributed by atoms with E-state index in [0.29, 0.717) is 6.29 Å². The van der Waals surface area contributed by atoms with Gasteiger partial charge < -0.3 is 29.6 Å². The number of aliphatic hydroxyl groups excluding tert-OH is 1. The van der Waals surface area contributed by atoms with E-state index < -0.39 is 41.6 Å². The van der Waals surface area contributed by atoms with Crippen molar-refractivity contribution < 1.29 is 34.4 Å². The highest BCUT2D eigenvalue weighted by molar-refractivity contribution is 5.99. The number of hydrogen-bond donors (Lipinski definition) is 3. The summed E-state index contributed by atoms with van der Waals surface area (Å²) in [6.07, 6.45) is -1.83. The molecular weight excluding hydrogens is 268 g/mol. The maximum atomic E-state index is 11.8. The minimum Gasteiger partial charge on any atom is -0.386 e. The van der Waals surface area contributed by atoms with Gasteiger partial charge in [-0.25, -0.2) is 0 Å². The Labute approximate surface area is 114 Å². The van der Waals surface area contributed by atoms with Crippen molar-refractivity contribution in [2.75, 3.05) is 0 Å². The molecule has 110 valence electrons. The Morgan fingerprint density at radius 3 is 2.80 bits per heavy atom. The van der Waals surface area contributed by atoms with Gasteiger partial charge in [-0.1, -0.05) is 0 Å². The fourth-order valence-corrected chi connectivity index (χ4v) is 3.09. The number of carbonyl (C=O) groups excluding carboxylic acids is 2. The molecule has 0 saturated carbocycles. The van der Waals surface area contributed by atoms with Gasteiger partial charge in [0.1, 0.15) is 12.4 Å². The van der Waals surface area contributed by atoms with Crippen LogP contribution in [0.1, 0.15) is 19.8 Å². The Hall–Kier alpha value is -1.12. The maximum absolute atomic E-state index is 11.8. The third kappa shape index (κ3) is 1.58. The predicted octanol–water partition coefficient (Wildman–Crippen LogP) is -1.56. The first-order chi connectivity index (χ1) is 9.31. The Balaban J connectivity index is 2.02. The number of ketones is 1. The topological polar surface area (TPSA) is 113 Å². The summed E-state index contributed by atoms with van der Waals surface area (Å²) < 4.78 is 11.0. The predicted molar refractivity (Wildman–Crippen MR) is 63.5 cm³/mol. The number of carbonyl (C=O) groups is 2. The Morgan fingerprint density at radius 2 is 2.15 bits per heavy atom. The van der Waals surface area contributed by atoms with E-state index in [4.69, 9.17) is 9.47 Å². The fourth-order valence-electron chi connectivity index (χ4n) is 3.09. The van der Waals surface area contributed by atoms with Crippen LogP contribution in [0.25, 0.3) is 0 Å². The summed E-state index contributed by atoms with van der Waals surface area (Å²) in [5.74, 6) is -0.669. The van der Waals surface area contributed by atoms with E-state index in [0.717, 1.165) is 13.0 Å². The zero-order valence-electron chi connectivity index (χ0n) is 10.9. The molecule has 2 fully saturated rings. The smallest absolute Gasteiger partial charge is 0.193 e. The quantitative estimate of drug-likeness (QED) is 0.526. The molecule has 2 heterocycles. The lowest BCUT2D eigenvalue weighted by atomic mass is 9.69. The van der Waals surface area contributed by atoms with E-state index in [1.54, 1.807) is 0 Å². The van der Waals surface area contributed by atoms with Crippen molar-refractivity contribution in [3.05, 3.63) is 11.6 Å². The van der Waals surface area contributed by atoms with Crippen LogP contribution < -0.4 is 0 Å². The van der Waals surface area contributed by atoms with E-state index in [-0.39, 0.29) is 18.4 Å². The van der Waals surface area contributed by atoms with Crippen LogP contribution in [0.5, 0.6) is 0 Å². The first kappa shape index (κ1) is 13.8. The van der Waals surface area contributed by atoms with Crippen LogP contribution in [0, 0.1) is 0 Å². The van der Waals surface area contributed by atoms with Gasteiger partial charge in [0.05, 0.1) is 12.2 Å². The van der Waals surface area contributed by atoms with Crippen molar-refractivity contribution in [1.82, 2.24) is 0 Å². The van der Waals surface area contributed by atoms with Gasteiger partial charge in [-0.15, -0.1) is 0 Å². The first-order valence-corrected chi connectivity index (χ1v) is 6.44. The number of aliphatic hydroxyl groups is 3. The summed E-state index contributed by atoms with van der Waals surface area (Å²) in [7, 11) is 0. The molecule has 2 aliphatic heterocycles. The lowest BCUT2D eigenvalue weighted by Gasteiger charge is -2.48. The number of hydrogen-bond acceptors (Lipinski definition) is 7. The Kier molecular flexibility index (Phi) is 2.90. The van der Waals surface area contributed by atoms with E-state index in [2.05, 4.69) is 0 Å². The molecule has 0 aromatic carbocycles. The van der Waals surface area contributed by atoms with Crippen molar-refractivity contribution in [1.29, 1.82) is 0 Å². The molecule has 0 amide bonds. The molecule has 6 atom stereocenters. The molecule has 1 aliphatic carbocycles. The van der Waals surface area contributed by atoms with Gasteiger partial charge in [0.25, 0.3) is 0 Å². The van der Waals surface area contributed by atoms with Gasteiger partial charge in [-0.2, -0.15) is 0 Å². The summed E-state index contributed by atoms with van der Waals surface area (Å²) in [6, 6.07) is 0. The second-order valence-corrected chi connectivity index (χ2v) is 5.70. The minimum atomic E-state index is -2.11. The molecular formula is C13H16O7. The number of aldehydes is 1. The third-order valence-electron chi connectivity index (χ3n) is 4.39. The van der Waals surface area contributed by atoms with Crippen molar-refractivity contribution in [2.24, 2.45) is 0 Å². The van der Waals surface area contributed by atoms with Gasteiger partial charge in [-0.3, -0.25) is 4.79 Å². The summed E-state index contributed by atoms with van der Waals surface area (Å²) in [4.78, 5) is 22.4. The zero-order valence-corrected chi connectivity index (χ0v) is 10.9. The molecule has 2 saturated heterocycles. The normalized spacial score (nSPS) is 50.6. The zero-order chi connectivity index (χ0) is 14.7. The summed E-state index contributed by atoms with van der Waals surface area (Å²) in [6.45, 7) is 1.13. The van der Waals surface area contributed by atoms with Gasteiger partial charge in [0.15, 0.2) is 23.3 Å². The lowest BCUT2D eigenvalue weighted by molar-refractivity contribution is -0.253. The Bertz CT molecular complexity index is 497. The van der Waals surface area contributed by atoms with Crippen LogP contribution in [-0.4, -0.2) is 63.2 Å². The highest BCUT2D eigenvalue weighted by atomic mass is 16.7. The highest BCUT2D eigenvalue weighted by Crippen LogP contribution is 2.48. The molecule has 7 nitrogen and oxygen atoms in total. The summed E-state index contributed by atoms with van der Waals surface area (Å²) >= 11 is 0. The van der Waals surface area contributed by atoms with E-state index >= 15 is 0 Å². The van der Waals surface area contributed by atoms with Gasteiger partial charge in [0.2, 0.25) is 0 Å². The maximum Gasteiger partial charge on any atom is 0.193 e. The van der Waals surface area contributed by atoms with Gasteiger partial charge >= 0.3 is 0 Å². The SMILES string of the molecule is C[C@@]1(O)C(=O)C=C2C[C@@H]3O[C@H](O[C@H]3CC=O)[C@]2(O)[C@@H]1O. The molecule has 2 bridgehead atoms. The number of rotatable bonds is 2. The average molecular weight is 284 g/mol. The molecule has 7 heteroatoms. The van der Waals surface area contributed by atoms with Crippen LogP contribution in [0.4, 0.5) is 0 Å². The molecule has 3 N–H and O–H groups in total. The van der Waals surface area contributed by atoms with Crippen molar-refractivity contribution in [3.63, 3.8) is 0 Å². The average Bonchev–Trinajstić information content (AvgIpc) is 2.74. The number of ether oxygens (including phenoxy) is 2. The van der Waals surface area contributed by atoms with Gasteiger partial charge in [0, 0.05) is 12.8 Å². The molecule has 0 radical (unpaired) electrons. The first-order valence-electron chi connectivity index (χ1n) is 6.44. The van der Waals surface area contributed by atoms with Crippen LogP contribution in [0.2, 0.25) is 0 Å².